The van der Waals surface area contributed by atoms with Crippen molar-refractivity contribution in [1.82, 2.24) is 0 Å². The smallest absolute Gasteiger partial charge is 0.160 e. The fraction of sp³-hybridized carbons (Fsp3) is 0.519. The largest absolute Gasteiger partial charge is 0.483 e. The number of thiocarbonyl (C=S) groups is 1. The maximum atomic E-state index is 5.64. The normalized spacial score (nSPS) is 12.8. The number of allylic oxidation sites excluding steroid dienone is 7. The van der Waals surface area contributed by atoms with E-state index in [1.54, 1.807) is 6.26 Å². The van der Waals surface area contributed by atoms with Gasteiger partial charge in [-0.25, -0.2) is 0 Å². The minimum absolute atomic E-state index is 0.558. The van der Waals surface area contributed by atoms with Gasteiger partial charge in [0, 0.05) is 12.8 Å². The van der Waals surface area contributed by atoms with Gasteiger partial charge in [0.1, 0.15) is 12.4 Å². The molecule has 0 bridgehead atoms. The number of aryl methyl sites for hydroxylation is 1. The molecular weight excluding hydrogens is 388 g/mol. The molecule has 0 amide bonds. The molecule has 0 aliphatic carbocycles. The third-order valence-electron chi connectivity index (χ3n) is 4.99. The Kier molecular flexibility index (Phi) is 13.9. The van der Waals surface area contributed by atoms with Crippen LogP contribution in [0.25, 0.3) is 0 Å². The van der Waals surface area contributed by atoms with Crippen molar-refractivity contribution >= 4 is 17.3 Å². The van der Waals surface area contributed by atoms with Gasteiger partial charge in [0.05, 0.1) is 6.26 Å². The van der Waals surface area contributed by atoms with E-state index in [2.05, 4.69) is 58.9 Å². The van der Waals surface area contributed by atoms with Crippen molar-refractivity contribution in [2.75, 3.05) is 6.61 Å². The minimum Gasteiger partial charge on any atom is -0.483 e. The summed E-state index contributed by atoms with van der Waals surface area (Å²) in [6.07, 6.45) is 19.2. The van der Waals surface area contributed by atoms with E-state index in [4.69, 9.17) is 21.4 Å². The van der Waals surface area contributed by atoms with E-state index in [1.165, 1.54) is 28.7 Å². The van der Waals surface area contributed by atoms with Crippen molar-refractivity contribution in [2.24, 2.45) is 0 Å². The van der Waals surface area contributed by atoms with Crippen LogP contribution in [0.15, 0.2) is 69.4 Å². The van der Waals surface area contributed by atoms with Gasteiger partial charge in [-0.2, -0.15) is 0 Å². The summed E-state index contributed by atoms with van der Waals surface area (Å²) in [7, 11) is 0. The molecule has 0 spiro atoms. The van der Waals surface area contributed by atoms with Crippen LogP contribution in [0.5, 0.6) is 0 Å². The van der Waals surface area contributed by atoms with Crippen LogP contribution in [0.2, 0.25) is 0 Å². The first kappa shape index (κ1) is 26.2. The highest BCUT2D eigenvalue weighted by Crippen LogP contribution is 2.13. The van der Waals surface area contributed by atoms with Gasteiger partial charge in [-0.05, 0) is 104 Å². The van der Waals surface area contributed by atoms with Gasteiger partial charge in [-0.1, -0.05) is 40.5 Å². The molecule has 30 heavy (non-hydrogen) atoms. The fourth-order valence-electron chi connectivity index (χ4n) is 3.02. The molecule has 1 rings (SSSR count). The van der Waals surface area contributed by atoms with Crippen molar-refractivity contribution in [3.05, 3.63) is 70.8 Å². The number of rotatable bonds is 14. The Morgan fingerprint density at radius 2 is 1.40 bits per heavy atom. The highest BCUT2D eigenvalue weighted by atomic mass is 32.1. The molecule has 2 nitrogen and oxygen atoms in total. The Hall–Kier alpha value is -1.87. The Labute approximate surface area is 189 Å². The minimum atomic E-state index is 0.558. The Balaban J connectivity index is 2.16. The van der Waals surface area contributed by atoms with Crippen LogP contribution in [0.4, 0.5) is 0 Å². The van der Waals surface area contributed by atoms with E-state index in [9.17, 15) is 0 Å². The third kappa shape index (κ3) is 14.2. The Morgan fingerprint density at radius 3 is 1.93 bits per heavy atom. The molecule has 0 unspecified atom stereocenters. The van der Waals surface area contributed by atoms with Crippen LogP contribution in [0.3, 0.4) is 0 Å². The van der Waals surface area contributed by atoms with Crippen LogP contribution in [-0.4, -0.2) is 11.7 Å². The summed E-state index contributed by atoms with van der Waals surface area (Å²) in [6.45, 7) is 11.5. The topological polar surface area (TPSA) is 22.4 Å². The van der Waals surface area contributed by atoms with Crippen molar-refractivity contribution in [3.8, 4) is 0 Å². The quantitative estimate of drug-likeness (QED) is 0.218. The van der Waals surface area contributed by atoms with Gasteiger partial charge >= 0.3 is 0 Å². The summed E-state index contributed by atoms with van der Waals surface area (Å²) in [4.78, 5) is 0. The maximum absolute atomic E-state index is 5.64. The third-order valence-corrected chi connectivity index (χ3v) is 5.31. The molecule has 1 aromatic heterocycles. The predicted octanol–water partition coefficient (Wildman–Crippen LogP) is 8.70. The molecular formula is C27H40O2S. The fourth-order valence-corrected chi connectivity index (χ4v) is 3.19. The second kappa shape index (κ2) is 15.9. The summed E-state index contributed by atoms with van der Waals surface area (Å²) in [5.41, 5.74) is 5.74. The van der Waals surface area contributed by atoms with E-state index >= 15 is 0 Å². The van der Waals surface area contributed by atoms with Crippen molar-refractivity contribution in [3.63, 3.8) is 0 Å². The summed E-state index contributed by atoms with van der Waals surface area (Å²) in [5, 5.41) is 0.649. The Bertz CT molecular complexity index is 729. The summed E-state index contributed by atoms with van der Waals surface area (Å²) in [5.74, 6) is 0.948. The van der Waals surface area contributed by atoms with Gasteiger partial charge in [-0.15, -0.1) is 0 Å². The SMILES string of the molecule is CC(C)=CCC/C(C)=C/CC/C(C)=C/CC/C(C)=C/COC(=S)CCc1ccco1. The van der Waals surface area contributed by atoms with E-state index in [-0.39, 0.29) is 0 Å². The molecule has 0 aromatic carbocycles. The zero-order chi connectivity index (χ0) is 22.2. The molecule has 0 atom stereocenters. The molecule has 3 heteroatoms. The lowest BCUT2D eigenvalue weighted by Gasteiger charge is -2.05. The molecule has 0 saturated heterocycles. The highest BCUT2D eigenvalue weighted by Gasteiger charge is 2.01. The zero-order valence-corrected chi connectivity index (χ0v) is 20.4. The summed E-state index contributed by atoms with van der Waals surface area (Å²) >= 11 is 5.28. The molecule has 0 fully saturated rings. The van der Waals surface area contributed by atoms with Crippen LogP contribution in [0, 0.1) is 0 Å². The second-order valence-corrected chi connectivity index (χ2v) is 8.77. The Morgan fingerprint density at radius 1 is 0.833 bits per heavy atom. The van der Waals surface area contributed by atoms with Crippen LogP contribution >= 0.6 is 12.2 Å². The van der Waals surface area contributed by atoms with Gasteiger partial charge in [0.2, 0.25) is 0 Å². The number of hydrogen-bond acceptors (Lipinski definition) is 3. The average molecular weight is 429 g/mol. The molecule has 0 radical (unpaired) electrons. The van der Waals surface area contributed by atoms with Crippen molar-refractivity contribution in [1.29, 1.82) is 0 Å². The van der Waals surface area contributed by atoms with Gasteiger partial charge in [-0.3, -0.25) is 0 Å². The second-order valence-electron chi connectivity index (χ2n) is 8.31. The maximum Gasteiger partial charge on any atom is 0.160 e. The molecule has 0 N–H and O–H groups in total. The lowest BCUT2D eigenvalue weighted by atomic mass is 10.0. The number of ether oxygens (including phenoxy) is 1. The first-order valence-electron chi connectivity index (χ1n) is 11.1. The predicted molar refractivity (Wildman–Crippen MR) is 134 cm³/mol. The van der Waals surface area contributed by atoms with E-state index in [1.807, 2.05) is 12.1 Å². The molecule has 0 aliphatic heterocycles. The summed E-state index contributed by atoms with van der Waals surface area (Å²) in [6, 6.07) is 3.86. The van der Waals surface area contributed by atoms with Gasteiger partial charge in [0.25, 0.3) is 0 Å². The molecule has 1 heterocycles. The first-order valence-corrected chi connectivity index (χ1v) is 11.6. The molecule has 0 saturated carbocycles. The standard InChI is InChI=1S/C27H40O2S/c1-22(2)10-6-11-23(3)12-7-13-24(4)14-8-15-25(5)19-21-29-27(30)18-17-26-16-9-20-28-26/h9-10,12,14,16,19-20H,6-8,11,13,15,17-18,21H2,1-5H3/b23-12+,24-14+,25-19+. The highest BCUT2D eigenvalue weighted by molar-refractivity contribution is 7.80. The number of hydrogen-bond donors (Lipinski definition) is 0. The monoisotopic (exact) mass is 428 g/mol. The van der Waals surface area contributed by atoms with Crippen LogP contribution in [0.1, 0.15) is 85.3 Å². The molecule has 166 valence electrons. The lowest BCUT2D eigenvalue weighted by molar-refractivity contribution is 0.347. The van der Waals surface area contributed by atoms with E-state index < -0.39 is 0 Å². The van der Waals surface area contributed by atoms with E-state index in [0.29, 0.717) is 11.7 Å². The number of furan rings is 1. The van der Waals surface area contributed by atoms with Crippen molar-refractivity contribution < 1.29 is 9.15 Å². The first-order chi connectivity index (χ1) is 14.4. The summed E-state index contributed by atoms with van der Waals surface area (Å²) < 4.78 is 11.0. The lowest BCUT2D eigenvalue weighted by Crippen LogP contribution is -2.03. The van der Waals surface area contributed by atoms with Gasteiger partial charge in [0.15, 0.2) is 5.05 Å². The van der Waals surface area contributed by atoms with Crippen LogP contribution in [-0.2, 0) is 11.2 Å². The van der Waals surface area contributed by atoms with Crippen LogP contribution < -0.4 is 0 Å². The molecule has 1 aromatic rings. The van der Waals surface area contributed by atoms with Crippen molar-refractivity contribution in [2.45, 2.75) is 86.0 Å². The van der Waals surface area contributed by atoms with E-state index in [0.717, 1.165) is 50.7 Å². The molecule has 0 aliphatic rings. The van der Waals surface area contributed by atoms with Gasteiger partial charge < -0.3 is 9.15 Å². The zero-order valence-electron chi connectivity index (χ0n) is 19.6. The average Bonchev–Trinajstić information content (AvgIpc) is 3.19.